The first kappa shape index (κ1) is 17.3. The summed E-state index contributed by atoms with van der Waals surface area (Å²) in [5.74, 6) is -0.203. The van der Waals surface area contributed by atoms with E-state index in [9.17, 15) is 4.79 Å². The summed E-state index contributed by atoms with van der Waals surface area (Å²) in [6.45, 7) is 0. The molecule has 0 saturated carbocycles. The third-order valence-electron chi connectivity index (χ3n) is 4.59. The van der Waals surface area contributed by atoms with Crippen LogP contribution in [-0.2, 0) is 0 Å². The minimum Gasteiger partial charge on any atom is -0.306 e. The summed E-state index contributed by atoms with van der Waals surface area (Å²) in [4.78, 5) is 21.9. The maximum absolute atomic E-state index is 12.7. The molecule has 2 aromatic carbocycles. The lowest BCUT2D eigenvalue weighted by atomic mass is 10.2. The minimum atomic E-state index is -0.203. The Morgan fingerprint density at radius 2 is 1.55 bits per heavy atom. The number of benzene rings is 2. The van der Waals surface area contributed by atoms with Gasteiger partial charge in [-0.2, -0.15) is 0 Å². The monoisotopic (exact) mass is 396 g/mol. The van der Waals surface area contributed by atoms with Crippen LogP contribution in [0.1, 0.15) is 10.4 Å². The first-order chi connectivity index (χ1) is 14.3. The first-order valence-corrected chi connectivity index (χ1v) is 10.0. The van der Waals surface area contributed by atoms with Crippen LogP contribution in [-0.4, -0.2) is 20.3 Å². The van der Waals surface area contributed by atoms with Crippen LogP contribution in [0.15, 0.2) is 90.6 Å². The maximum atomic E-state index is 12.7. The molecule has 0 atom stereocenters. The molecule has 140 valence electrons. The van der Waals surface area contributed by atoms with Crippen LogP contribution in [0, 0.1) is 0 Å². The van der Waals surface area contributed by atoms with Crippen molar-refractivity contribution in [3.05, 3.63) is 96.1 Å². The predicted molar refractivity (Wildman–Crippen MR) is 116 cm³/mol. The quantitative estimate of drug-likeness (QED) is 0.444. The summed E-state index contributed by atoms with van der Waals surface area (Å²) < 4.78 is 1.91. The topological polar surface area (TPSA) is 59.3 Å². The zero-order valence-electron chi connectivity index (χ0n) is 15.3. The molecule has 3 heterocycles. The molecule has 5 rings (SSSR count). The Morgan fingerprint density at radius 1 is 0.862 bits per heavy atom. The highest BCUT2D eigenvalue weighted by atomic mass is 32.1. The van der Waals surface area contributed by atoms with Gasteiger partial charge in [0.2, 0.25) is 0 Å². The second-order valence-corrected chi connectivity index (χ2v) is 7.39. The van der Waals surface area contributed by atoms with E-state index >= 15 is 0 Å². The molecule has 0 aliphatic carbocycles. The molecule has 5 nitrogen and oxygen atoms in total. The summed E-state index contributed by atoms with van der Waals surface area (Å²) in [6.07, 6.45) is 3.81. The highest BCUT2D eigenvalue weighted by molar-refractivity contribution is 7.14. The van der Waals surface area contributed by atoms with Gasteiger partial charge in [0.25, 0.3) is 5.91 Å². The average molecular weight is 396 g/mol. The van der Waals surface area contributed by atoms with Crippen LogP contribution in [0.25, 0.3) is 28.2 Å². The van der Waals surface area contributed by atoms with Gasteiger partial charge in [-0.25, -0.2) is 9.97 Å². The Balaban J connectivity index is 1.38. The number of hydrogen-bond donors (Lipinski definition) is 1. The minimum absolute atomic E-state index is 0.203. The van der Waals surface area contributed by atoms with Crippen molar-refractivity contribution in [3.63, 3.8) is 0 Å². The molecule has 5 aromatic rings. The molecular weight excluding hydrogens is 380 g/mol. The predicted octanol–water partition coefficient (Wildman–Crippen LogP) is 5.38. The number of pyridine rings is 1. The fraction of sp³-hybridized carbons (Fsp3) is 0. The van der Waals surface area contributed by atoms with E-state index in [0.29, 0.717) is 10.7 Å². The second kappa shape index (κ2) is 7.33. The maximum Gasteiger partial charge on any atom is 0.257 e. The molecule has 0 radical (unpaired) electrons. The van der Waals surface area contributed by atoms with Crippen molar-refractivity contribution in [1.82, 2.24) is 14.4 Å². The second-order valence-electron chi connectivity index (χ2n) is 6.53. The number of amides is 1. The summed E-state index contributed by atoms with van der Waals surface area (Å²) >= 11 is 1.41. The Kier molecular flexibility index (Phi) is 4.38. The van der Waals surface area contributed by atoms with Crippen LogP contribution in [0.5, 0.6) is 0 Å². The molecule has 1 N–H and O–H groups in total. The molecule has 0 bridgehead atoms. The van der Waals surface area contributed by atoms with Crippen molar-refractivity contribution in [2.24, 2.45) is 0 Å². The van der Waals surface area contributed by atoms with Gasteiger partial charge in [0.05, 0.1) is 11.4 Å². The first-order valence-electron chi connectivity index (χ1n) is 9.13. The Morgan fingerprint density at radius 3 is 2.28 bits per heavy atom. The normalized spacial score (nSPS) is 10.9. The molecule has 0 fully saturated rings. The molecular formula is C23H16N4OS. The Bertz CT molecular complexity index is 1290. The van der Waals surface area contributed by atoms with Gasteiger partial charge in [-0.3, -0.25) is 10.1 Å². The van der Waals surface area contributed by atoms with Gasteiger partial charge in [0.15, 0.2) is 5.13 Å². The number of hydrogen-bond acceptors (Lipinski definition) is 4. The SMILES string of the molecule is O=C(Nc1nc(-c2ccccc2)cs1)c1ccn2cc(-c3ccccc3)nc2c1. The summed E-state index contributed by atoms with van der Waals surface area (Å²) in [6, 6.07) is 23.4. The molecule has 1 amide bonds. The van der Waals surface area contributed by atoms with Gasteiger partial charge >= 0.3 is 0 Å². The number of imidazole rings is 1. The van der Waals surface area contributed by atoms with E-state index in [-0.39, 0.29) is 5.91 Å². The number of nitrogens with zero attached hydrogens (tertiary/aromatic N) is 3. The highest BCUT2D eigenvalue weighted by Crippen LogP contribution is 2.25. The fourth-order valence-corrected chi connectivity index (χ4v) is 3.83. The van der Waals surface area contributed by atoms with Gasteiger partial charge in [0.1, 0.15) is 5.65 Å². The number of fused-ring (bicyclic) bond motifs is 1. The van der Waals surface area contributed by atoms with Crippen molar-refractivity contribution in [1.29, 1.82) is 0 Å². The van der Waals surface area contributed by atoms with Crippen molar-refractivity contribution >= 4 is 28.0 Å². The zero-order chi connectivity index (χ0) is 19.6. The highest BCUT2D eigenvalue weighted by Gasteiger charge is 2.12. The smallest absolute Gasteiger partial charge is 0.257 e. The third-order valence-corrected chi connectivity index (χ3v) is 5.34. The number of carbonyl (C=O) groups excluding carboxylic acids is 1. The third kappa shape index (κ3) is 3.53. The lowest BCUT2D eigenvalue weighted by Crippen LogP contribution is -2.12. The summed E-state index contributed by atoms with van der Waals surface area (Å²) in [7, 11) is 0. The molecule has 3 aromatic heterocycles. The largest absolute Gasteiger partial charge is 0.306 e. The molecule has 0 aliphatic heterocycles. The number of aromatic nitrogens is 3. The lowest BCUT2D eigenvalue weighted by Gasteiger charge is -2.02. The molecule has 0 saturated heterocycles. The van der Waals surface area contributed by atoms with E-state index in [1.807, 2.05) is 82.8 Å². The summed E-state index contributed by atoms with van der Waals surface area (Å²) in [5.41, 5.74) is 5.05. The van der Waals surface area contributed by atoms with E-state index in [1.165, 1.54) is 11.3 Å². The molecule has 6 heteroatoms. The van der Waals surface area contributed by atoms with E-state index in [0.717, 1.165) is 28.2 Å². The van der Waals surface area contributed by atoms with Crippen LogP contribution in [0.3, 0.4) is 0 Å². The Hall–Kier alpha value is -3.77. The van der Waals surface area contributed by atoms with Gasteiger partial charge < -0.3 is 4.40 Å². The standard InChI is InChI=1S/C23H16N4OS/c28-22(26-23-25-20(15-29-23)17-9-5-2-6-10-17)18-11-12-27-14-19(24-21(27)13-18)16-7-3-1-4-8-16/h1-15H,(H,25,26,28). The number of nitrogens with one attached hydrogen (secondary N) is 1. The average Bonchev–Trinajstić information content (AvgIpc) is 3.41. The van der Waals surface area contributed by atoms with Crippen molar-refractivity contribution < 1.29 is 4.79 Å². The number of thiazole rings is 1. The fourth-order valence-electron chi connectivity index (χ4n) is 3.11. The van der Waals surface area contributed by atoms with E-state index < -0.39 is 0 Å². The zero-order valence-corrected chi connectivity index (χ0v) is 16.1. The van der Waals surface area contributed by atoms with Crippen LogP contribution >= 0.6 is 11.3 Å². The van der Waals surface area contributed by atoms with Gasteiger partial charge in [-0.1, -0.05) is 60.7 Å². The van der Waals surface area contributed by atoms with E-state index in [2.05, 4.69) is 15.3 Å². The van der Waals surface area contributed by atoms with Crippen LogP contribution < -0.4 is 5.32 Å². The van der Waals surface area contributed by atoms with Crippen molar-refractivity contribution in [3.8, 4) is 22.5 Å². The van der Waals surface area contributed by atoms with Crippen molar-refractivity contribution in [2.75, 3.05) is 5.32 Å². The Labute approximate surface area is 171 Å². The number of rotatable bonds is 4. The number of carbonyl (C=O) groups is 1. The van der Waals surface area contributed by atoms with Gasteiger partial charge in [0, 0.05) is 34.5 Å². The summed E-state index contributed by atoms with van der Waals surface area (Å²) in [5, 5.41) is 5.39. The molecule has 0 aliphatic rings. The van der Waals surface area contributed by atoms with E-state index in [1.54, 1.807) is 12.1 Å². The molecule has 0 spiro atoms. The van der Waals surface area contributed by atoms with Gasteiger partial charge in [-0.05, 0) is 12.1 Å². The molecule has 0 unspecified atom stereocenters. The van der Waals surface area contributed by atoms with E-state index in [4.69, 9.17) is 0 Å². The van der Waals surface area contributed by atoms with Crippen LogP contribution in [0.4, 0.5) is 5.13 Å². The van der Waals surface area contributed by atoms with Crippen molar-refractivity contribution in [2.45, 2.75) is 0 Å². The van der Waals surface area contributed by atoms with Crippen LogP contribution in [0.2, 0.25) is 0 Å². The lowest BCUT2D eigenvalue weighted by molar-refractivity contribution is 0.102. The van der Waals surface area contributed by atoms with Gasteiger partial charge in [-0.15, -0.1) is 11.3 Å². The molecule has 29 heavy (non-hydrogen) atoms. The number of anilines is 1.